The van der Waals surface area contributed by atoms with Gasteiger partial charge in [-0.25, -0.2) is 0 Å². The van der Waals surface area contributed by atoms with Crippen molar-refractivity contribution in [1.82, 2.24) is 0 Å². The maximum atomic E-state index is 5.17. The van der Waals surface area contributed by atoms with Gasteiger partial charge in [-0.05, 0) is 37.0 Å². The molecule has 70 valence electrons. The van der Waals surface area contributed by atoms with Crippen LogP contribution in [0.5, 0.6) is 0 Å². The third-order valence-corrected chi connectivity index (χ3v) is 3.25. The van der Waals surface area contributed by atoms with Crippen molar-refractivity contribution in [3.8, 4) is 0 Å². The molecule has 0 saturated carbocycles. The molecule has 0 bridgehead atoms. The molecule has 0 aliphatic carbocycles. The zero-order valence-corrected chi connectivity index (χ0v) is 9.30. The van der Waals surface area contributed by atoms with Gasteiger partial charge in [0.05, 0.1) is 12.7 Å². The summed E-state index contributed by atoms with van der Waals surface area (Å²) in [5, 5.41) is 0. The van der Waals surface area contributed by atoms with Gasteiger partial charge in [-0.1, -0.05) is 28.1 Å². The minimum Gasteiger partial charge on any atom is -0.373 e. The first-order valence-electron chi connectivity index (χ1n) is 4.62. The predicted molar refractivity (Wildman–Crippen MR) is 56.9 cm³/mol. The Balaban J connectivity index is 1.98. The highest BCUT2D eigenvalue weighted by Gasteiger charge is 2.21. The topological polar surface area (TPSA) is 12.5 Å². The molecule has 1 atom stereocenters. The van der Waals surface area contributed by atoms with Crippen LogP contribution in [0.25, 0.3) is 0 Å². The average molecular weight is 241 g/mol. The Bertz CT molecular complexity index is 305. The molecule has 0 radical (unpaired) electrons. The summed E-state index contributed by atoms with van der Waals surface area (Å²) >= 11 is 3.54. The fourth-order valence-electron chi connectivity index (χ4n) is 1.35. The summed E-state index contributed by atoms with van der Waals surface area (Å²) < 4.78 is 6.38. The van der Waals surface area contributed by atoms with Crippen LogP contribution in [0.15, 0.2) is 22.7 Å². The Morgan fingerprint density at radius 1 is 1.54 bits per heavy atom. The Kier molecular flexibility index (Phi) is 2.70. The lowest BCUT2D eigenvalue weighted by molar-refractivity contribution is 0.397. The van der Waals surface area contributed by atoms with E-state index in [1.165, 1.54) is 15.6 Å². The molecule has 0 N–H and O–H groups in total. The van der Waals surface area contributed by atoms with Crippen molar-refractivity contribution in [2.75, 3.05) is 6.61 Å². The molecule has 2 rings (SSSR count). The van der Waals surface area contributed by atoms with Crippen molar-refractivity contribution in [1.29, 1.82) is 0 Å². The zero-order valence-electron chi connectivity index (χ0n) is 7.72. The van der Waals surface area contributed by atoms with E-state index in [0.29, 0.717) is 6.10 Å². The van der Waals surface area contributed by atoms with Crippen molar-refractivity contribution in [2.45, 2.75) is 25.9 Å². The monoisotopic (exact) mass is 240 g/mol. The molecule has 1 saturated heterocycles. The van der Waals surface area contributed by atoms with Gasteiger partial charge in [-0.3, -0.25) is 0 Å². The molecule has 1 unspecified atom stereocenters. The summed E-state index contributed by atoms with van der Waals surface area (Å²) in [4.78, 5) is 0. The largest absolute Gasteiger partial charge is 0.373 e. The van der Waals surface area contributed by atoms with E-state index in [9.17, 15) is 0 Å². The molecular weight excluding hydrogens is 228 g/mol. The summed E-state index contributed by atoms with van der Waals surface area (Å²) in [5.74, 6) is 0. The third kappa shape index (κ3) is 2.55. The molecule has 1 nitrogen and oxygen atoms in total. The number of benzene rings is 1. The van der Waals surface area contributed by atoms with Gasteiger partial charge in [0.15, 0.2) is 0 Å². The highest BCUT2D eigenvalue weighted by Crippen LogP contribution is 2.21. The van der Waals surface area contributed by atoms with Gasteiger partial charge >= 0.3 is 0 Å². The van der Waals surface area contributed by atoms with Gasteiger partial charge in [-0.15, -0.1) is 0 Å². The molecule has 1 heterocycles. The molecule has 2 heteroatoms. The highest BCUT2D eigenvalue weighted by molar-refractivity contribution is 9.10. The molecular formula is C11H13BrO. The number of ether oxygens (including phenoxy) is 1. The number of halogens is 1. The lowest BCUT2D eigenvalue weighted by atomic mass is 10.1. The van der Waals surface area contributed by atoms with Gasteiger partial charge < -0.3 is 4.74 Å². The van der Waals surface area contributed by atoms with Crippen molar-refractivity contribution in [3.05, 3.63) is 33.8 Å². The fraction of sp³-hybridized carbons (Fsp3) is 0.455. The van der Waals surface area contributed by atoms with Crippen molar-refractivity contribution in [3.63, 3.8) is 0 Å². The minimum absolute atomic E-state index is 0.542. The van der Waals surface area contributed by atoms with Crippen LogP contribution in [0.3, 0.4) is 0 Å². The first kappa shape index (κ1) is 9.22. The van der Waals surface area contributed by atoms with E-state index in [1.807, 2.05) is 0 Å². The molecule has 0 aromatic heterocycles. The van der Waals surface area contributed by atoms with Gasteiger partial charge in [-0.2, -0.15) is 0 Å². The Morgan fingerprint density at radius 2 is 2.31 bits per heavy atom. The van der Waals surface area contributed by atoms with E-state index in [1.54, 1.807) is 0 Å². The van der Waals surface area contributed by atoms with Crippen LogP contribution in [0.1, 0.15) is 17.5 Å². The van der Waals surface area contributed by atoms with Crippen LogP contribution < -0.4 is 0 Å². The second-order valence-corrected chi connectivity index (χ2v) is 4.43. The lowest BCUT2D eigenvalue weighted by Gasteiger charge is -2.02. The summed E-state index contributed by atoms with van der Waals surface area (Å²) in [6.45, 7) is 3.07. The normalized spacial score (nSPS) is 20.3. The quantitative estimate of drug-likeness (QED) is 0.741. The molecule has 0 amide bonds. The molecule has 1 fully saturated rings. The van der Waals surface area contributed by atoms with Crippen molar-refractivity contribution < 1.29 is 4.74 Å². The summed E-state index contributed by atoms with van der Waals surface area (Å²) in [6, 6.07) is 6.56. The maximum absolute atomic E-state index is 5.17. The van der Waals surface area contributed by atoms with E-state index < -0.39 is 0 Å². The Labute approximate surface area is 87.2 Å². The number of rotatable bonds is 3. The molecule has 1 aliphatic rings. The zero-order chi connectivity index (χ0) is 9.26. The second kappa shape index (κ2) is 3.81. The summed E-state index contributed by atoms with van der Waals surface area (Å²) in [5.41, 5.74) is 2.69. The van der Waals surface area contributed by atoms with Gasteiger partial charge in [0.1, 0.15) is 0 Å². The number of hydrogen-bond acceptors (Lipinski definition) is 1. The van der Waals surface area contributed by atoms with Crippen molar-refractivity contribution in [2.24, 2.45) is 0 Å². The second-order valence-electron chi connectivity index (χ2n) is 3.58. The fourth-order valence-corrected chi connectivity index (χ4v) is 1.78. The maximum Gasteiger partial charge on any atom is 0.0813 e. The SMILES string of the molecule is Cc1ccc(CCC2CO2)cc1Br. The van der Waals surface area contributed by atoms with Crippen LogP contribution in [-0.4, -0.2) is 12.7 Å². The molecule has 1 aromatic carbocycles. The Hall–Kier alpha value is -0.340. The van der Waals surface area contributed by atoms with Crippen LogP contribution in [0, 0.1) is 6.92 Å². The van der Waals surface area contributed by atoms with Crippen LogP contribution in [0.4, 0.5) is 0 Å². The van der Waals surface area contributed by atoms with E-state index >= 15 is 0 Å². The molecule has 1 aliphatic heterocycles. The predicted octanol–water partition coefficient (Wildman–Crippen LogP) is 3.09. The van der Waals surface area contributed by atoms with E-state index in [2.05, 4.69) is 41.1 Å². The first-order valence-corrected chi connectivity index (χ1v) is 5.41. The standard InChI is InChI=1S/C11H13BrO/c1-8-2-3-9(6-11(8)12)4-5-10-7-13-10/h2-3,6,10H,4-5,7H2,1H3. The van der Waals surface area contributed by atoms with Crippen LogP contribution >= 0.6 is 15.9 Å². The minimum atomic E-state index is 0.542. The molecule has 0 spiro atoms. The first-order chi connectivity index (χ1) is 6.25. The summed E-state index contributed by atoms with van der Waals surface area (Å²) in [6.07, 6.45) is 2.83. The van der Waals surface area contributed by atoms with Gasteiger partial charge in [0.2, 0.25) is 0 Å². The van der Waals surface area contributed by atoms with Crippen molar-refractivity contribution >= 4 is 15.9 Å². The third-order valence-electron chi connectivity index (χ3n) is 2.39. The number of epoxide rings is 1. The molecule has 13 heavy (non-hydrogen) atoms. The average Bonchev–Trinajstić information content (AvgIpc) is 2.91. The van der Waals surface area contributed by atoms with E-state index in [-0.39, 0.29) is 0 Å². The van der Waals surface area contributed by atoms with E-state index in [0.717, 1.165) is 19.4 Å². The summed E-state index contributed by atoms with van der Waals surface area (Å²) in [7, 11) is 0. The smallest absolute Gasteiger partial charge is 0.0813 e. The molecule has 1 aromatic rings. The lowest BCUT2D eigenvalue weighted by Crippen LogP contribution is -1.91. The van der Waals surface area contributed by atoms with Crippen LogP contribution in [-0.2, 0) is 11.2 Å². The van der Waals surface area contributed by atoms with E-state index in [4.69, 9.17) is 4.74 Å². The number of aryl methyl sites for hydroxylation is 2. The van der Waals surface area contributed by atoms with Crippen LogP contribution in [0.2, 0.25) is 0 Å². The highest BCUT2D eigenvalue weighted by atomic mass is 79.9. The van der Waals surface area contributed by atoms with Gasteiger partial charge in [0, 0.05) is 4.47 Å². The Morgan fingerprint density at radius 3 is 2.92 bits per heavy atom. The number of hydrogen-bond donors (Lipinski definition) is 0. The van der Waals surface area contributed by atoms with Gasteiger partial charge in [0.25, 0.3) is 0 Å².